The normalized spacial score (nSPS) is 12.4. The van der Waals surface area contributed by atoms with Gasteiger partial charge in [-0.05, 0) is 31.5 Å². The number of carbonyl (C=O) groups is 1. The molecule has 2 aromatic rings. The number of aromatic nitrogens is 2. The van der Waals surface area contributed by atoms with E-state index in [4.69, 9.17) is 0 Å². The molecule has 0 bridgehead atoms. The molecular weight excluding hydrogens is 262 g/mol. The van der Waals surface area contributed by atoms with Gasteiger partial charge in [0.15, 0.2) is 5.78 Å². The Bertz CT molecular complexity index is 622. The Labute approximate surface area is 116 Å². The molecule has 3 nitrogen and oxygen atoms in total. The fourth-order valence-corrected chi connectivity index (χ4v) is 1.88. The molecule has 0 aliphatic rings. The molecule has 0 saturated heterocycles. The third kappa shape index (κ3) is 3.10. The molecule has 1 aromatic carbocycles. The summed E-state index contributed by atoms with van der Waals surface area (Å²) in [5.74, 6) is -1.94. The minimum atomic E-state index is -0.837. The molecule has 0 saturated carbocycles. The van der Waals surface area contributed by atoms with Crippen molar-refractivity contribution in [3.8, 4) is 0 Å². The molecule has 1 unspecified atom stereocenters. The molecule has 2 rings (SSSR count). The summed E-state index contributed by atoms with van der Waals surface area (Å²) in [5.41, 5.74) is 0.475. The van der Waals surface area contributed by atoms with Crippen LogP contribution in [0.4, 0.5) is 8.78 Å². The Morgan fingerprint density at radius 3 is 2.75 bits per heavy atom. The zero-order valence-electron chi connectivity index (χ0n) is 11.4. The first-order valence-electron chi connectivity index (χ1n) is 6.53. The van der Waals surface area contributed by atoms with Crippen LogP contribution in [0.3, 0.4) is 0 Å². The summed E-state index contributed by atoms with van der Waals surface area (Å²) in [5, 5.41) is 4.29. The van der Waals surface area contributed by atoms with Crippen molar-refractivity contribution < 1.29 is 13.6 Å². The summed E-state index contributed by atoms with van der Waals surface area (Å²) < 4.78 is 28.1. The van der Waals surface area contributed by atoms with E-state index >= 15 is 0 Å². The number of ketones is 1. The fourth-order valence-electron chi connectivity index (χ4n) is 1.88. The molecule has 1 heterocycles. The monoisotopic (exact) mass is 278 g/mol. The van der Waals surface area contributed by atoms with Gasteiger partial charge in [0.25, 0.3) is 0 Å². The highest BCUT2D eigenvalue weighted by atomic mass is 19.1. The number of hydrogen-bond acceptors (Lipinski definition) is 2. The van der Waals surface area contributed by atoms with Crippen LogP contribution in [-0.4, -0.2) is 15.6 Å². The van der Waals surface area contributed by atoms with Crippen LogP contribution in [0.1, 0.15) is 42.4 Å². The van der Waals surface area contributed by atoms with Crippen LogP contribution in [0.25, 0.3) is 0 Å². The van der Waals surface area contributed by atoms with Crippen molar-refractivity contribution in [3.63, 3.8) is 0 Å². The van der Waals surface area contributed by atoms with Gasteiger partial charge in [-0.15, -0.1) is 0 Å². The lowest BCUT2D eigenvalue weighted by Gasteiger charge is -2.08. The SMILES string of the molecule is CCC(C)n1ccc(CC(=O)c2ccc(F)cc2F)n1. The summed E-state index contributed by atoms with van der Waals surface area (Å²) in [7, 11) is 0. The molecule has 0 aliphatic heterocycles. The van der Waals surface area contributed by atoms with Gasteiger partial charge in [-0.2, -0.15) is 5.10 Å². The first kappa shape index (κ1) is 14.4. The number of carbonyl (C=O) groups excluding carboxylic acids is 1. The van der Waals surface area contributed by atoms with Gasteiger partial charge in [0.1, 0.15) is 11.6 Å². The first-order valence-corrected chi connectivity index (χ1v) is 6.53. The van der Waals surface area contributed by atoms with Crippen molar-refractivity contribution in [2.24, 2.45) is 0 Å². The fraction of sp³-hybridized carbons (Fsp3) is 0.333. The van der Waals surface area contributed by atoms with Crippen molar-refractivity contribution in [3.05, 3.63) is 53.4 Å². The van der Waals surface area contributed by atoms with Crippen molar-refractivity contribution in [1.29, 1.82) is 0 Å². The van der Waals surface area contributed by atoms with Gasteiger partial charge in [0.2, 0.25) is 0 Å². The zero-order chi connectivity index (χ0) is 14.7. The minimum absolute atomic E-state index is 0.00594. The molecule has 0 N–H and O–H groups in total. The summed E-state index contributed by atoms with van der Waals surface area (Å²) in [6, 6.07) is 4.95. The van der Waals surface area contributed by atoms with Crippen molar-refractivity contribution in [2.75, 3.05) is 0 Å². The summed E-state index contributed by atoms with van der Waals surface area (Å²) in [6.07, 6.45) is 2.74. The molecule has 1 atom stereocenters. The molecular formula is C15H16F2N2O. The summed E-state index contributed by atoms with van der Waals surface area (Å²) in [4.78, 5) is 12.0. The van der Waals surface area contributed by atoms with E-state index in [1.165, 1.54) is 6.07 Å². The zero-order valence-corrected chi connectivity index (χ0v) is 11.4. The number of Topliss-reactive ketones (excluding diaryl/α,β-unsaturated/α-hetero) is 1. The maximum absolute atomic E-state index is 13.5. The van der Waals surface area contributed by atoms with E-state index in [0.29, 0.717) is 11.8 Å². The lowest BCUT2D eigenvalue weighted by molar-refractivity contribution is 0.0987. The van der Waals surface area contributed by atoms with Gasteiger partial charge in [-0.1, -0.05) is 6.92 Å². The molecule has 20 heavy (non-hydrogen) atoms. The van der Waals surface area contributed by atoms with Crippen LogP contribution in [-0.2, 0) is 6.42 Å². The van der Waals surface area contributed by atoms with E-state index < -0.39 is 17.4 Å². The number of halogens is 2. The smallest absolute Gasteiger partial charge is 0.171 e. The van der Waals surface area contributed by atoms with Gasteiger partial charge in [-0.3, -0.25) is 9.48 Å². The van der Waals surface area contributed by atoms with Crippen LogP contribution in [0.5, 0.6) is 0 Å². The summed E-state index contributed by atoms with van der Waals surface area (Å²) >= 11 is 0. The third-order valence-corrected chi connectivity index (χ3v) is 3.28. The van der Waals surface area contributed by atoms with E-state index in [0.717, 1.165) is 12.5 Å². The van der Waals surface area contributed by atoms with E-state index in [1.807, 2.05) is 13.8 Å². The highest BCUT2D eigenvalue weighted by Crippen LogP contribution is 2.14. The molecule has 0 fully saturated rings. The van der Waals surface area contributed by atoms with Crippen LogP contribution in [0, 0.1) is 11.6 Å². The second-order valence-corrected chi connectivity index (χ2v) is 4.77. The summed E-state index contributed by atoms with van der Waals surface area (Å²) in [6.45, 7) is 4.07. The lowest BCUT2D eigenvalue weighted by atomic mass is 10.1. The maximum Gasteiger partial charge on any atom is 0.171 e. The second kappa shape index (κ2) is 5.94. The first-order chi connectivity index (χ1) is 9.51. The van der Waals surface area contributed by atoms with Crippen LogP contribution in [0.15, 0.2) is 30.5 Å². The molecule has 5 heteroatoms. The number of nitrogens with zero attached hydrogens (tertiary/aromatic N) is 2. The van der Waals surface area contributed by atoms with E-state index in [9.17, 15) is 13.6 Å². The number of hydrogen-bond donors (Lipinski definition) is 0. The van der Waals surface area contributed by atoms with Crippen LogP contribution < -0.4 is 0 Å². The Hall–Kier alpha value is -2.04. The van der Waals surface area contributed by atoms with Gasteiger partial charge in [-0.25, -0.2) is 8.78 Å². The minimum Gasteiger partial charge on any atom is -0.294 e. The Morgan fingerprint density at radius 2 is 2.10 bits per heavy atom. The predicted molar refractivity (Wildman–Crippen MR) is 71.6 cm³/mol. The lowest BCUT2D eigenvalue weighted by Crippen LogP contribution is -2.09. The molecule has 1 aromatic heterocycles. The Kier molecular flexibility index (Phi) is 4.27. The van der Waals surface area contributed by atoms with Gasteiger partial charge >= 0.3 is 0 Å². The van der Waals surface area contributed by atoms with Gasteiger partial charge in [0.05, 0.1) is 17.7 Å². The average molecular weight is 278 g/mol. The topological polar surface area (TPSA) is 34.9 Å². The molecule has 0 aliphatic carbocycles. The van der Waals surface area contributed by atoms with Gasteiger partial charge in [0, 0.05) is 18.3 Å². The molecule has 106 valence electrons. The third-order valence-electron chi connectivity index (χ3n) is 3.28. The molecule has 0 amide bonds. The highest BCUT2D eigenvalue weighted by Gasteiger charge is 2.15. The molecule has 0 spiro atoms. The maximum atomic E-state index is 13.5. The predicted octanol–water partition coefficient (Wildman–Crippen LogP) is 3.56. The van der Waals surface area contributed by atoms with E-state index in [-0.39, 0.29) is 18.0 Å². The Balaban J connectivity index is 2.13. The quantitative estimate of drug-likeness (QED) is 0.784. The highest BCUT2D eigenvalue weighted by molar-refractivity contribution is 5.97. The van der Waals surface area contributed by atoms with Crippen LogP contribution >= 0.6 is 0 Å². The standard InChI is InChI=1S/C15H16F2N2O/c1-3-10(2)19-7-6-12(18-19)9-15(20)13-5-4-11(16)8-14(13)17/h4-8,10H,3,9H2,1-2H3. The van der Waals surface area contributed by atoms with Crippen LogP contribution in [0.2, 0.25) is 0 Å². The largest absolute Gasteiger partial charge is 0.294 e. The number of benzene rings is 1. The van der Waals surface area contributed by atoms with Gasteiger partial charge < -0.3 is 0 Å². The van der Waals surface area contributed by atoms with Crippen molar-refractivity contribution in [2.45, 2.75) is 32.7 Å². The Morgan fingerprint density at radius 1 is 1.35 bits per heavy atom. The molecule has 0 radical (unpaired) electrons. The average Bonchev–Trinajstić information content (AvgIpc) is 2.86. The van der Waals surface area contributed by atoms with Crippen molar-refractivity contribution >= 4 is 5.78 Å². The number of rotatable bonds is 5. The van der Waals surface area contributed by atoms with E-state index in [2.05, 4.69) is 5.10 Å². The second-order valence-electron chi connectivity index (χ2n) is 4.77. The van der Waals surface area contributed by atoms with Crippen molar-refractivity contribution in [1.82, 2.24) is 9.78 Å². The van der Waals surface area contributed by atoms with E-state index in [1.54, 1.807) is 16.9 Å².